The minimum atomic E-state index is 0.460. The highest BCUT2D eigenvalue weighted by Gasteiger charge is 2.18. The molecule has 0 unspecified atom stereocenters. The first-order valence-electron chi connectivity index (χ1n) is 6.02. The third-order valence-electron chi connectivity index (χ3n) is 3.43. The normalized spacial score (nSPS) is 21.5. The maximum absolute atomic E-state index is 5.94. The van der Waals surface area contributed by atoms with Crippen LogP contribution in [0.1, 0.15) is 24.0 Å². The molecule has 0 radical (unpaired) electrons. The molecule has 1 saturated heterocycles. The Bertz CT molecular complexity index is 408. The van der Waals surface area contributed by atoms with Gasteiger partial charge >= 0.3 is 0 Å². The lowest BCUT2D eigenvalue weighted by molar-refractivity contribution is 0.260. The highest BCUT2D eigenvalue weighted by Crippen LogP contribution is 2.22. The van der Waals surface area contributed by atoms with Crippen LogP contribution in [0, 0.1) is 13.8 Å². The SMILES string of the molecule is Cc1c(Cl)nnc(N[C@@H]2CCCN(C)C2)c1C. The Kier molecular flexibility index (Phi) is 3.84. The summed E-state index contributed by atoms with van der Waals surface area (Å²) in [6.45, 7) is 6.25. The molecule has 1 aromatic heterocycles. The van der Waals surface area contributed by atoms with E-state index in [1.807, 2.05) is 13.8 Å². The summed E-state index contributed by atoms with van der Waals surface area (Å²) in [5.74, 6) is 0.868. The van der Waals surface area contributed by atoms with Crippen molar-refractivity contribution in [1.29, 1.82) is 0 Å². The first-order valence-corrected chi connectivity index (χ1v) is 6.40. The number of aromatic nitrogens is 2. The van der Waals surface area contributed by atoms with E-state index in [0.29, 0.717) is 11.2 Å². The minimum Gasteiger partial charge on any atom is -0.364 e. The van der Waals surface area contributed by atoms with E-state index in [1.54, 1.807) is 0 Å². The summed E-state index contributed by atoms with van der Waals surface area (Å²) in [6, 6.07) is 0.460. The van der Waals surface area contributed by atoms with E-state index in [2.05, 4.69) is 27.5 Å². The molecule has 17 heavy (non-hydrogen) atoms. The van der Waals surface area contributed by atoms with Crippen LogP contribution >= 0.6 is 11.6 Å². The minimum absolute atomic E-state index is 0.460. The van der Waals surface area contributed by atoms with Gasteiger partial charge in [-0.25, -0.2) is 0 Å². The second kappa shape index (κ2) is 5.19. The van der Waals surface area contributed by atoms with Gasteiger partial charge in [0.2, 0.25) is 0 Å². The quantitative estimate of drug-likeness (QED) is 0.879. The van der Waals surface area contributed by atoms with Crippen LogP contribution in [0.3, 0.4) is 0 Å². The van der Waals surface area contributed by atoms with Crippen molar-refractivity contribution in [2.45, 2.75) is 32.7 Å². The molecule has 1 N–H and O–H groups in total. The van der Waals surface area contributed by atoms with E-state index < -0.39 is 0 Å². The molecule has 94 valence electrons. The number of nitrogens with zero attached hydrogens (tertiary/aromatic N) is 3. The Labute approximate surface area is 107 Å². The van der Waals surface area contributed by atoms with Crippen LogP contribution < -0.4 is 5.32 Å². The molecule has 0 aliphatic carbocycles. The standard InChI is InChI=1S/C12H19ClN4/c1-8-9(2)12(16-15-11(8)13)14-10-5-4-6-17(3)7-10/h10H,4-7H2,1-3H3,(H,14,16)/t10-/m1/s1. The zero-order valence-electron chi connectivity index (χ0n) is 10.6. The van der Waals surface area contributed by atoms with Gasteiger partial charge < -0.3 is 10.2 Å². The van der Waals surface area contributed by atoms with Gasteiger partial charge in [0.25, 0.3) is 0 Å². The average Bonchev–Trinajstić information content (AvgIpc) is 2.30. The van der Waals surface area contributed by atoms with Crippen molar-refractivity contribution in [2.75, 3.05) is 25.5 Å². The molecule has 4 nitrogen and oxygen atoms in total. The average molecular weight is 255 g/mol. The van der Waals surface area contributed by atoms with E-state index in [0.717, 1.165) is 23.5 Å². The number of hydrogen-bond acceptors (Lipinski definition) is 4. The molecule has 0 spiro atoms. The number of likely N-dealkylation sites (N-methyl/N-ethyl adjacent to an activating group) is 1. The van der Waals surface area contributed by atoms with Crippen LogP contribution in [0.2, 0.25) is 5.15 Å². The Hall–Kier alpha value is -0.870. The fourth-order valence-corrected chi connectivity index (χ4v) is 2.37. The number of halogens is 1. The molecule has 1 atom stereocenters. The second-order valence-electron chi connectivity index (χ2n) is 4.84. The highest BCUT2D eigenvalue weighted by atomic mass is 35.5. The summed E-state index contributed by atoms with van der Waals surface area (Å²) < 4.78 is 0. The third-order valence-corrected chi connectivity index (χ3v) is 3.79. The fraction of sp³-hybridized carbons (Fsp3) is 0.667. The van der Waals surface area contributed by atoms with Gasteiger partial charge in [0.1, 0.15) is 0 Å². The molecular formula is C12H19ClN4. The van der Waals surface area contributed by atoms with Crippen LogP contribution in [-0.4, -0.2) is 41.3 Å². The molecular weight excluding hydrogens is 236 g/mol. The first kappa shape index (κ1) is 12.6. The molecule has 0 aromatic carbocycles. The molecule has 1 fully saturated rings. The van der Waals surface area contributed by atoms with Crippen LogP contribution in [0.5, 0.6) is 0 Å². The largest absolute Gasteiger partial charge is 0.364 e. The first-order chi connectivity index (χ1) is 8.08. The predicted octanol–water partition coefficient (Wildman–Crippen LogP) is 2.25. The van der Waals surface area contributed by atoms with E-state index in [4.69, 9.17) is 11.6 Å². The van der Waals surface area contributed by atoms with Crippen molar-refractivity contribution in [1.82, 2.24) is 15.1 Å². The van der Waals surface area contributed by atoms with Gasteiger partial charge in [-0.05, 0) is 51.4 Å². The maximum Gasteiger partial charge on any atom is 0.155 e. The lowest BCUT2D eigenvalue weighted by Crippen LogP contribution is -2.40. The molecule has 1 aliphatic heterocycles. The summed E-state index contributed by atoms with van der Waals surface area (Å²) in [7, 11) is 2.15. The van der Waals surface area contributed by atoms with Gasteiger partial charge in [-0.1, -0.05) is 11.6 Å². The lowest BCUT2D eigenvalue weighted by Gasteiger charge is -2.30. The molecule has 0 bridgehead atoms. The highest BCUT2D eigenvalue weighted by molar-refractivity contribution is 6.30. The van der Waals surface area contributed by atoms with Crippen molar-refractivity contribution >= 4 is 17.4 Å². The number of rotatable bonds is 2. The van der Waals surface area contributed by atoms with E-state index in [-0.39, 0.29) is 0 Å². The van der Waals surface area contributed by atoms with E-state index in [1.165, 1.54) is 19.4 Å². The fourth-order valence-electron chi connectivity index (χ4n) is 2.19. The summed E-state index contributed by atoms with van der Waals surface area (Å²) in [5, 5.41) is 12.1. The number of piperidine rings is 1. The van der Waals surface area contributed by atoms with Gasteiger partial charge in [-0.2, -0.15) is 0 Å². The number of hydrogen-bond donors (Lipinski definition) is 1. The van der Waals surface area contributed by atoms with Gasteiger partial charge in [0.05, 0.1) is 0 Å². The number of likely N-dealkylation sites (tertiary alicyclic amines) is 1. The molecule has 5 heteroatoms. The summed E-state index contributed by atoms with van der Waals surface area (Å²) in [4.78, 5) is 2.34. The van der Waals surface area contributed by atoms with Gasteiger partial charge in [-0.15, -0.1) is 10.2 Å². The summed E-state index contributed by atoms with van der Waals surface area (Å²) in [5.41, 5.74) is 2.10. The van der Waals surface area contributed by atoms with Crippen LogP contribution in [0.4, 0.5) is 5.82 Å². The maximum atomic E-state index is 5.94. The monoisotopic (exact) mass is 254 g/mol. The van der Waals surface area contributed by atoms with E-state index >= 15 is 0 Å². The topological polar surface area (TPSA) is 41.1 Å². The Morgan fingerprint density at radius 1 is 1.29 bits per heavy atom. The summed E-state index contributed by atoms with van der Waals surface area (Å²) in [6.07, 6.45) is 2.42. The smallest absolute Gasteiger partial charge is 0.155 e. The van der Waals surface area contributed by atoms with Crippen LogP contribution in [-0.2, 0) is 0 Å². The van der Waals surface area contributed by atoms with Crippen molar-refractivity contribution in [2.24, 2.45) is 0 Å². The van der Waals surface area contributed by atoms with Crippen molar-refractivity contribution < 1.29 is 0 Å². The molecule has 0 saturated carbocycles. The molecule has 0 amide bonds. The van der Waals surface area contributed by atoms with Crippen molar-refractivity contribution in [3.05, 3.63) is 16.3 Å². The molecule has 2 rings (SSSR count). The second-order valence-corrected chi connectivity index (χ2v) is 5.19. The van der Waals surface area contributed by atoms with Gasteiger partial charge in [0.15, 0.2) is 11.0 Å². The number of nitrogens with one attached hydrogen (secondary N) is 1. The zero-order valence-corrected chi connectivity index (χ0v) is 11.4. The molecule has 1 aliphatic rings. The Morgan fingerprint density at radius 3 is 2.76 bits per heavy atom. The Balaban J connectivity index is 2.10. The molecule has 2 heterocycles. The molecule has 1 aromatic rings. The zero-order chi connectivity index (χ0) is 12.4. The lowest BCUT2D eigenvalue weighted by atomic mass is 10.1. The predicted molar refractivity (Wildman–Crippen MR) is 70.7 cm³/mol. The number of anilines is 1. The van der Waals surface area contributed by atoms with Gasteiger partial charge in [-0.3, -0.25) is 0 Å². The van der Waals surface area contributed by atoms with Crippen LogP contribution in [0.15, 0.2) is 0 Å². The third kappa shape index (κ3) is 2.87. The Morgan fingerprint density at radius 2 is 2.06 bits per heavy atom. The van der Waals surface area contributed by atoms with Crippen LogP contribution in [0.25, 0.3) is 0 Å². The van der Waals surface area contributed by atoms with Gasteiger partial charge in [0, 0.05) is 12.6 Å². The summed E-state index contributed by atoms with van der Waals surface area (Å²) >= 11 is 5.94. The van der Waals surface area contributed by atoms with Crippen molar-refractivity contribution in [3.63, 3.8) is 0 Å². The van der Waals surface area contributed by atoms with E-state index in [9.17, 15) is 0 Å². The van der Waals surface area contributed by atoms with Crippen molar-refractivity contribution in [3.8, 4) is 0 Å².